The second kappa shape index (κ2) is 39.5. The number of aliphatic imine (C=N–C) groups is 2. The van der Waals surface area contributed by atoms with Crippen LogP contribution < -0.4 is 10.6 Å². The summed E-state index contributed by atoms with van der Waals surface area (Å²) in [5.74, 6) is -5.20. The summed E-state index contributed by atoms with van der Waals surface area (Å²) < 4.78 is 87.3. The number of esters is 4. The molecule has 1 radical (unpaired) electrons. The van der Waals surface area contributed by atoms with Crippen LogP contribution >= 0.6 is 105 Å². The molecule has 6 heterocycles. The first-order chi connectivity index (χ1) is 38.1. The zero-order chi connectivity index (χ0) is 59.7. The molecule has 2 saturated heterocycles. The van der Waals surface area contributed by atoms with Crippen molar-refractivity contribution in [2.75, 3.05) is 68.0 Å². The average molecular weight is 1710 g/mol. The van der Waals surface area contributed by atoms with Crippen molar-refractivity contribution >= 4 is 141 Å². The summed E-state index contributed by atoms with van der Waals surface area (Å²) >= 11 is 12.3. The molecule has 4 atom stereocenters. The molecular formula is C53H66F4I4N7O10S2V2-2. The van der Waals surface area contributed by atoms with Gasteiger partial charge in [0.25, 0.3) is 0 Å². The maximum atomic E-state index is 14.3. The largest absolute Gasteiger partial charge is 0 e. The molecule has 2 unspecified atom stereocenters. The van der Waals surface area contributed by atoms with Gasteiger partial charge in [-0.1, -0.05) is 26.5 Å². The Morgan fingerprint density at radius 1 is 0.768 bits per heavy atom. The molecule has 29 heteroatoms. The van der Waals surface area contributed by atoms with Crippen molar-refractivity contribution in [1.29, 1.82) is 0 Å². The number of benzene rings is 2. The second-order valence-electron chi connectivity index (χ2n) is 16.9. The van der Waals surface area contributed by atoms with Crippen LogP contribution in [0.4, 0.5) is 17.6 Å². The van der Waals surface area contributed by atoms with Crippen molar-refractivity contribution in [3.8, 4) is 0 Å². The number of carbonyl (C=O) groups excluding carboxylic acids is 4. The van der Waals surface area contributed by atoms with Gasteiger partial charge in [-0.15, -0.1) is 22.7 Å². The number of carbonyl (C=O) groups is 4. The summed E-state index contributed by atoms with van der Waals surface area (Å²) in [6, 6.07) is 6.14. The standard InChI is InChI=1S/C23H24F2N4O5S.C17H15F2N3O2S.C7H12O3.C3H6I.C2H5.CH4.3HI.2V/c1-23(13-4-5-14(24)15(25)10-13)18(22(31)33-3)16(27-19(28-23)20-26-6-9-35-20)11-29-7-8-34-12-17(29)21(30)32-2;1-9-13(16(23)24-3)17(2,10-4-5-11(18)12(19)8-10)22-14(21-9)15-20-6-7-25-15;1-9-7(8)6-3-2-4-10-5-6;1-2-3-4;1-2;;;;;;/h4-6,9-10,17H,7-8,11-12H2,1-3H3,(H,27,28);4-8H,1-3H3,(H,21,22);6H,2-5H2,1H3;3H,2H2,1H3;1H2,2H3;1H4;3*1H;;/q;;;2*-1;;;;;;+3/p-3/t17-,23?;;6-;;;;;;;;/m0.0......../s1. The minimum atomic E-state index is -1.45. The Hall–Kier alpha value is -2.31. The van der Waals surface area contributed by atoms with Gasteiger partial charge >= 0.3 is 88.7 Å². The number of hydrogen-bond acceptors (Lipinski definition) is 19. The van der Waals surface area contributed by atoms with Crippen LogP contribution in [0.2, 0.25) is 0 Å². The molecular weight excluding hydrogens is 1640 g/mol. The van der Waals surface area contributed by atoms with E-state index in [4.69, 9.17) is 28.7 Å². The first-order valence-corrected chi connectivity index (χ1v) is 40.7. The van der Waals surface area contributed by atoms with Crippen LogP contribution in [0, 0.1) is 40.5 Å². The van der Waals surface area contributed by atoms with E-state index in [1.165, 1.54) is 69.7 Å². The minimum Gasteiger partial charge on any atom is 0 e. The number of ether oxygens (including phenoxy) is 6. The molecule has 2 aromatic heterocycles. The molecule has 453 valence electrons. The third kappa shape index (κ3) is 22.1. The van der Waals surface area contributed by atoms with E-state index in [2.05, 4.69) is 131 Å². The summed E-state index contributed by atoms with van der Waals surface area (Å²) in [4.78, 5) is 68.1. The van der Waals surface area contributed by atoms with Gasteiger partial charge in [-0.2, -0.15) is 13.3 Å². The van der Waals surface area contributed by atoms with Gasteiger partial charge in [0, 0.05) is 72.8 Å². The fourth-order valence-electron chi connectivity index (χ4n) is 8.09. The maximum Gasteiger partial charge on any atom is 0 e. The Morgan fingerprint density at radius 3 is 1.65 bits per heavy atom. The molecule has 2 N–H and O–H groups in total. The number of nitrogens with one attached hydrogen (secondary N) is 2. The monoisotopic (exact) mass is 1710 g/mol. The maximum absolute atomic E-state index is 14.3. The summed E-state index contributed by atoms with van der Waals surface area (Å²) in [7, 11) is 5.19. The van der Waals surface area contributed by atoms with Gasteiger partial charge in [-0.05, 0) is 69.0 Å². The molecule has 2 fully saturated rings. The zero-order valence-electron chi connectivity index (χ0n) is 45.6. The summed E-state index contributed by atoms with van der Waals surface area (Å²) in [5, 5.41) is 10.9. The Labute approximate surface area is 548 Å². The number of thiazole rings is 2. The molecule has 4 aromatic rings. The molecule has 0 saturated carbocycles. The molecule has 0 aliphatic carbocycles. The van der Waals surface area contributed by atoms with Crippen molar-refractivity contribution in [3.05, 3.63) is 138 Å². The molecule has 17 nitrogen and oxygen atoms in total. The number of hydrogen-bond donors (Lipinski definition) is 2. The van der Waals surface area contributed by atoms with E-state index >= 15 is 0 Å². The van der Waals surface area contributed by atoms with Gasteiger partial charge in [0.1, 0.15) is 17.1 Å². The van der Waals surface area contributed by atoms with Crippen LogP contribution in [0.25, 0.3) is 0 Å². The number of aromatic nitrogens is 2. The van der Waals surface area contributed by atoms with Crippen LogP contribution in [-0.4, -0.2) is 124 Å². The van der Waals surface area contributed by atoms with Gasteiger partial charge in [0.2, 0.25) is 0 Å². The topological polar surface area (TPSA) is 201 Å². The number of nitrogens with zero attached hydrogens (tertiary/aromatic N) is 5. The zero-order valence-corrected chi connectivity index (χ0v) is 58.7. The first-order valence-electron chi connectivity index (χ1n) is 24.2. The van der Waals surface area contributed by atoms with E-state index in [0.29, 0.717) is 58.4 Å². The number of methoxy groups -OCH3 is 4. The molecule has 0 amide bonds. The smallest absolute Gasteiger partial charge is 0 e. The fourth-order valence-corrected chi connectivity index (χ4v) is 9.25. The van der Waals surface area contributed by atoms with Crippen molar-refractivity contribution < 1.29 is 88.6 Å². The van der Waals surface area contributed by atoms with Gasteiger partial charge < -0.3 is 68.6 Å². The number of morpholine rings is 1. The van der Waals surface area contributed by atoms with E-state index in [1.807, 2.05) is 4.90 Å². The Morgan fingerprint density at radius 2 is 1.23 bits per heavy atom. The van der Waals surface area contributed by atoms with Crippen LogP contribution in [-0.2, 0) is 82.2 Å². The third-order valence-corrected chi connectivity index (χ3v) is 14.3. The molecule has 0 spiro atoms. The number of amidine groups is 2. The number of halogens is 8. The first kappa shape index (κ1) is 77.7. The van der Waals surface area contributed by atoms with Crippen LogP contribution in [0.5, 0.6) is 0 Å². The van der Waals surface area contributed by atoms with Crippen molar-refractivity contribution in [3.63, 3.8) is 0 Å². The Bertz CT molecular complexity index is 2800. The molecule has 82 heavy (non-hydrogen) atoms. The van der Waals surface area contributed by atoms with E-state index in [-0.39, 0.29) is 72.7 Å². The van der Waals surface area contributed by atoms with E-state index < -0.39 is 58.3 Å². The molecule has 4 aliphatic rings. The minimum absolute atomic E-state index is 0. The summed E-state index contributed by atoms with van der Waals surface area (Å²) in [5.41, 5.74) is -0.894. The Balaban J connectivity index is 0.000000619. The van der Waals surface area contributed by atoms with Crippen molar-refractivity contribution in [1.82, 2.24) is 25.5 Å². The molecule has 0 bridgehead atoms. The fraction of sp³-hybridized carbons (Fsp3) is 0.434. The van der Waals surface area contributed by atoms with Crippen LogP contribution in [0.15, 0.2) is 92.1 Å². The normalized spacial score (nSPS) is 19.9. The predicted molar refractivity (Wildman–Crippen MR) is 337 cm³/mol. The SMILES string of the molecule is C.CC[CH-]I.COC(=O)C1=C(C)NC(c2nccs2)=NC1(C)c1ccc(F)c(F)c1.COC(=O)C1=C(CN2CCOC[C@H]2C(=O)OC)NC(c2nccs2)=NC1(C)c1ccc(F)c(F)c1.COC(=O)[C@H]1CCCOC1.[CH2-]C.[I][V]([I])[I].[V]. The quantitative estimate of drug-likeness (QED) is 0.0472. The second-order valence-corrected chi connectivity index (χ2v) is 54.9. The number of allylic oxidation sites excluding steroid dienone is 1. The van der Waals surface area contributed by atoms with E-state index in [9.17, 15) is 36.7 Å². The third-order valence-electron chi connectivity index (χ3n) is 11.8. The predicted octanol–water partition coefficient (Wildman–Crippen LogP) is 11.8. The van der Waals surface area contributed by atoms with E-state index in [0.717, 1.165) is 43.7 Å². The van der Waals surface area contributed by atoms with Crippen molar-refractivity contribution in [2.24, 2.45) is 15.9 Å². The van der Waals surface area contributed by atoms with Crippen LogP contribution in [0.3, 0.4) is 0 Å². The van der Waals surface area contributed by atoms with Crippen LogP contribution in [0.1, 0.15) is 82.4 Å². The summed E-state index contributed by atoms with van der Waals surface area (Å²) in [6.07, 6.45) is 6.30. The average Bonchev–Trinajstić information content (AvgIpc) is 4.22. The molecule has 4 aliphatic heterocycles. The van der Waals surface area contributed by atoms with Crippen molar-refractivity contribution in [2.45, 2.75) is 78.4 Å². The van der Waals surface area contributed by atoms with Gasteiger partial charge in [0.15, 0.2) is 45.0 Å². The number of rotatable bonds is 11. The van der Waals surface area contributed by atoms with E-state index in [1.54, 1.807) is 50.8 Å². The molecule has 2 aromatic carbocycles. The summed E-state index contributed by atoms with van der Waals surface area (Å²) in [6.45, 7) is 14.4. The van der Waals surface area contributed by atoms with Gasteiger partial charge in [-0.3, -0.25) is 18.9 Å². The Kier molecular flexibility index (Phi) is 37.4. The van der Waals surface area contributed by atoms with Gasteiger partial charge in [0.05, 0.1) is 65.3 Å². The molecule has 8 rings (SSSR count). The van der Waals surface area contributed by atoms with Gasteiger partial charge in [-0.25, -0.2) is 47.1 Å².